The van der Waals surface area contributed by atoms with Crippen LogP contribution in [-0.2, 0) is 44.6 Å². The van der Waals surface area contributed by atoms with Crippen molar-refractivity contribution in [1.29, 1.82) is 0 Å². The lowest BCUT2D eigenvalue weighted by molar-refractivity contribution is 0.133. The van der Waals surface area contributed by atoms with Gasteiger partial charge in [-0.15, -0.1) is 90.7 Å². The van der Waals surface area contributed by atoms with Crippen molar-refractivity contribution in [3.8, 4) is 79.4 Å². The van der Waals surface area contributed by atoms with E-state index in [0.29, 0.717) is 13.2 Å². The third-order valence-corrected chi connectivity index (χ3v) is 24.8. The van der Waals surface area contributed by atoms with Gasteiger partial charge < -0.3 is 18.9 Å². The van der Waals surface area contributed by atoms with Gasteiger partial charge in [-0.25, -0.2) is 0 Å². The van der Waals surface area contributed by atoms with Crippen LogP contribution >= 0.6 is 102 Å². The smallest absolute Gasteiger partial charge is 0.114 e. The van der Waals surface area contributed by atoms with Crippen molar-refractivity contribution < 1.29 is 18.9 Å². The van der Waals surface area contributed by atoms with Crippen LogP contribution in [0.5, 0.6) is 0 Å². The molecule has 15 heteroatoms. The Labute approximate surface area is 517 Å². The van der Waals surface area contributed by atoms with Crippen molar-refractivity contribution in [1.82, 2.24) is 8.75 Å². The maximum Gasteiger partial charge on any atom is 0.114 e. The summed E-state index contributed by atoms with van der Waals surface area (Å²) < 4.78 is 34.7. The van der Waals surface area contributed by atoms with Crippen molar-refractivity contribution in [2.24, 2.45) is 0 Å². The van der Waals surface area contributed by atoms with Crippen molar-refractivity contribution in [2.75, 3.05) is 52.9 Å². The van der Waals surface area contributed by atoms with Crippen LogP contribution in [0.2, 0.25) is 0 Å². The highest BCUT2D eigenvalue weighted by atomic mass is 32.1. The van der Waals surface area contributed by atoms with Gasteiger partial charge in [-0.1, -0.05) is 91.2 Å². The molecule has 9 heterocycles. The number of hydrogen-bond acceptors (Lipinski definition) is 15. The number of unbranched alkanes of at least 4 members (excludes halogenated alkanes) is 8. The molecule has 6 nitrogen and oxygen atoms in total. The van der Waals surface area contributed by atoms with Gasteiger partial charge in [0, 0.05) is 106 Å². The van der Waals surface area contributed by atoms with E-state index < -0.39 is 0 Å². The molecular weight excluding hydrogens is 1170 g/mol. The van der Waals surface area contributed by atoms with E-state index in [9.17, 15) is 0 Å². The summed E-state index contributed by atoms with van der Waals surface area (Å²) in [6.45, 7) is 15.3. The summed E-state index contributed by atoms with van der Waals surface area (Å²) in [5.41, 5.74) is 9.67. The lowest BCUT2D eigenvalue weighted by Crippen LogP contribution is -2.00. The van der Waals surface area contributed by atoms with Gasteiger partial charge in [0.2, 0.25) is 0 Å². The molecule has 10 aromatic rings. The maximum atomic E-state index is 6.26. The monoisotopic (exact) mass is 1250 g/mol. The van der Waals surface area contributed by atoms with Crippen LogP contribution in [0, 0.1) is 0 Å². The largest absolute Gasteiger partial charge is 0.381 e. The lowest BCUT2D eigenvalue weighted by atomic mass is 10.0. The molecule has 0 aliphatic carbocycles. The van der Waals surface area contributed by atoms with E-state index in [0.717, 1.165) is 113 Å². The van der Waals surface area contributed by atoms with Gasteiger partial charge in [0.05, 0.1) is 38.2 Å². The minimum absolute atomic E-state index is 0.706. The Bertz CT molecular complexity index is 3240. The van der Waals surface area contributed by atoms with Gasteiger partial charge in [-0.2, -0.15) is 8.75 Å². The fourth-order valence-corrected chi connectivity index (χ4v) is 19.8. The van der Waals surface area contributed by atoms with E-state index in [1.807, 2.05) is 90.7 Å². The normalized spacial score (nSPS) is 11.9. The molecule has 0 saturated carbocycles. The predicted molar refractivity (Wildman–Crippen MR) is 360 cm³/mol. The number of fused-ring (bicyclic) bond motifs is 1. The highest BCUT2D eigenvalue weighted by molar-refractivity contribution is 7.30. The van der Waals surface area contributed by atoms with Crippen molar-refractivity contribution in [3.63, 3.8) is 0 Å². The van der Waals surface area contributed by atoms with Gasteiger partial charge in [0.1, 0.15) is 11.0 Å². The highest BCUT2D eigenvalue weighted by Gasteiger charge is 2.23. The summed E-state index contributed by atoms with van der Waals surface area (Å²) in [4.78, 5) is 18.4. The minimum atomic E-state index is 0.706. The molecule has 0 aliphatic heterocycles. The van der Waals surface area contributed by atoms with Gasteiger partial charge in [0.25, 0.3) is 0 Å². The molecule has 0 saturated heterocycles. The summed E-state index contributed by atoms with van der Waals surface area (Å²) >= 11 is 16.4. The van der Waals surface area contributed by atoms with E-state index in [4.69, 9.17) is 27.7 Å². The molecular formula is C66H76N2O4S9. The quantitative estimate of drug-likeness (QED) is 0.0365. The van der Waals surface area contributed by atoms with E-state index >= 15 is 0 Å². The molecule has 0 amide bonds. The summed E-state index contributed by atoms with van der Waals surface area (Å²) in [6, 6.07) is 32.6. The fourth-order valence-electron chi connectivity index (χ4n) is 10.00. The van der Waals surface area contributed by atoms with Crippen LogP contribution in [0.1, 0.15) is 127 Å². The Balaban J connectivity index is 0.900. The second-order valence-electron chi connectivity index (χ2n) is 20.5. The molecule has 0 fully saturated rings. The third-order valence-electron chi connectivity index (χ3n) is 14.5. The SMILES string of the molecule is CCCCCOCCc1ccsc1-c1ccc(-c2ccc(-c3sc(-c4ccc(-c5cc(CCOCCCCC)c(-c6ccc(-c7ccc(-c8sccc8CCOCCCCC)s7)s6)s5)c5nsnc45)cc3CCOCCCCC)s2)s1. The fraction of sp³-hybridized carbons (Fsp3) is 0.424. The van der Waals surface area contributed by atoms with Crippen molar-refractivity contribution >= 4 is 113 Å². The van der Waals surface area contributed by atoms with E-state index in [1.165, 1.54) is 154 Å². The molecule has 0 radical (unpaired) electrons. The summed E-state index contributed by atoms with van der Waals surface area (Å²) in [6.07, 6.45) is 17.8. The van der Waals surface area contributed by atoms with Crippen LogP contribution in [0.25, 0.3) is 90.4 Å². The Morgan fingerprint density at radius 2 is 0.630 bits per heavy atom. The Kier molecular flexibility index (Phi) is 23.6. The Hall–Kier alpha value is -3.52. The third kappa shape index (κ3) is 15.9. The number of ether oxygens (including phenoxy) is 4. The molecule has 428 valence electrons. The van der Waals surface area contributed by atoms with Crippen LogP contribution in [0.4, 0.5) is 0 Å². The maximum absolute atomic E-state index is 6.26. The molecule has 81 heavy (non-hydrogen) atoms. The Morgan fingerprint density at radius 3 is 0.975 bits per heavy atom. The first kappa shape index (κ1) is 60.6. The summed E-state index contributed by atoms with van der Waals surface area (Å²) in [7, 11) is 0. The van der Waals surface area contributed by atoms with Gasteiger partial charge in [-0.3, -0.25) is 0 Å². The van der Waals surface area contributed by atoms with E-state index in [-0.39, 0.29) is 0 Å². The van der Waals surface area contributed by atoms with Gasteiger partial charge in [-0.05, 0) is 157 Å². The Morgan fingerprint density at radius 1 is 0.309 bits per heavy atom. The molecule has 9 aromatic heterocycles. The average Bonchev–Trinajstić information content (AvgIpc) is 4.51. The number of hydrogen-bond donors (Lipinski definition) is 0. The second kappa shape index (κ2) is 31.6. The number of thiophene rings is 8. The van der Waals surface area contributed by atoms with Gasteiger partial charge in [0.15, 0.2) is 0 Å². The predicted octanol–water partition coefficient (Wildman–Crippen LogP) is 22.5. The second-order valence-corrected chi connectivity index (χ2v) is 29.3. The van der Waals surface area contributed by atoms with Crippen molar-refractivity contribution in [3.05, 3.63) is 118 Å². The lowest BCUT2D eigenvalue weighted by Gasteiger charge is -2.05. The van der Waals surface area contributed by atoms with Crippen LogP contribution in [-0.4, -0.2) is 61.6 Å². The molecule has 0 unspecified atom stereocenters. The molecule has 0 N–H and O–H groups in total. The van der Waals surface area contributed by atoms with Crippen molar-refractivity contribution in [2.45, 2.75) is 130 Å². The first-order valence-electron chi connectivity index (χ1n) is 29.4. The van der Waals surface area contributed by atoms with Crippen LogP contribution in [0.15, 0.2) is 95.7 Å². The summed E-state index contributed by atoms with van der Waals surface area (Å²) in [5.74, 6) is 0. The number of nitrogens with zero attached hydrogens (tertiary/aromatic N) is 2. The number of rotatable bonds is 36. The first-order valence-corrected chi connectivity index (χ1v) is 36.8. The van der Waals surface area contributed by atoms with Crippen LogP contribution < -0.4 is 0 Å². The zero-order chi connectivity index (χ0) is 55.6. The highest BCUT2D eigenvalue weighted by Crippen LogP contribution is 2.50. The van der Waals surface area contributed by atoms with E-state index in [2.05, 4.69) is 123 Å². The standard InChI is InChI=1S/C66H76N2O4S9/c1-5-9-13-33-69-37-27-45-31-41-73-63(45)55-23-19-51(75-55)53-21-25-57(77-53)65-47(29-39-71-35-15-11-7-3)43-59(79-65)49-17-18-50(62-61(49)67-81-68-62)60-44-48(30-40-72-36-16-12-8-4)66(80-60)58-26-22-54(78-58)52-20-24-56(76-52)64-46(32-42-74-64)28-38-70-34-14-10-6-2/h17-26,31-32,41-44H,5-16,27-30,33-40H2,1-4H3. The molecule has 10 rings (SSSR count). The average molecular weight is 1250 g/mol. The van der Waals surface area contributed by atoms with Crippen LogP contribution in [0.3, 0.4) is 0 Å². The first-order chi connectivity index (χ1) is 40.0. The molecule has 0 spiro atoms. The zero-order valence-corrected chi connectivity index (χ0v) is 54.8. The van der Waals surface area contributed by atoms with Gasteiger partial charge >= 0.3 is 0 Å². The minimum Gasteiger partial charge on any atom is -0.381 e. The number of aromatic nitrogens is 2. The summed E-state index contributed by atoms with van der Waals surface area (Å²) in [5, 5.41) is 4.46. The molecule has 0 aliphatic rings. The number of benzene rings is 1. The zero-order valence-electron chi connectivity index (χ0n) is 47.4. The molecule has 1 aromatic carbocycles. The molecule has 0 bridgehead atoms. The topological polar surface area (TPSA) is 62.7 Å². The van der Waals surface area contributed by atoms with E-state index in [1.54, 1.807) is 0 Å². The molecule has 0 atom stereocenters.